The van der Waals surface area contributed by atoms with Crippen molar-refractivity contribution in [1.82, 2.24) is 31.6 Å². The Kier molecular flexibility index (Phi) is 15.4. The van der Waals surface area contributed by atoms with Crippen molar-refractivity contribution in [2.45, 2.75) is 70.3 Å². The average molecular weight is 720 g/mol. The molecule has 1 unspecified atom stereocenters. The fraction of sp³-hybridized carbons (Fsp3) is 0.405. The minimum atomic E-state index is -1.30. The van der Waals surface area contributed by atoms with Crippen LogP contribution < -0.4 is 32.3 Å². The third kappa shape index (κ3) is 13.2. The van der Waals surface area contributed by atoms with Crippen molar-refractivity contribution in [3.05, 3.63) is 90.1 Å². The van der Waals surface area contributed by atoms with Crippen LogP contribution in [0.25, 0.3) is 11.3 Å². The van der Waals surface area contributed by atoms with E-state index in [0.29, 0.717) is 0 Å². The van der Waals surface area contributed by atoms with Crippen LogP contribution >= 0.6 is 0 Å². The van der Waals surface area contributed by atoms with Gasteiger partial charge in [0.1, 0.15) is 12.1 Å². The molecule has 0 fully saturated rings. The number of methoxy groups -OCH3 is 2. The zero-order chi connectivity index (χ0) is 38.3. The molecule has 0 aliphatic heterocycles. The number of hydrogen-bond acceptors (Lipinski definition) is 9. The molecule has 0 bridgehead atoms. The Hall–Kier alpha value is -5.70. The first kappa shape index (κ1) is 40.7. The van der Waals surface area contributed by atoms with Crippen molar-refractivity contribution in [2.24, 2.45) is 11.1 Å². The third-order valence-corrected chi connectivity index (χ3v) is 8.21. The number of ether oxygens (including phenoxy) is 2. The van der Waals surface area contributed by atoms with Crippen LogP contribution in [0.4, 0.5) is 14.4 Å². The summed E-state index contributed by atoms with van der Waals surface area (Å²) in [5.74, 6) is -1.22. The molecule has 8 N–H and O–H groups in total. The van der Waals surface area contributed by atoms with Crippen LogP contribution in [0.1, 0.15) is 38.3 Å². The molecule has 15 nitrogen and oxygen atoms in total. The zero-order valence-corrected chi connectivity index (χ0v) is 30.1. The Balaban J connectivity index is 1.94. The summed E-state index contributed by atoms with van der Waals surface area (Å²) >= 11 is 0. The van der Waals surface area contributed by atoms with Crippen LogP contribution in [0.5, 0.6) is 0 Å². The second kappa shape index (κ2) is 19.6. The molecule has 5 atom stereocenters. The van der Waals surface area contributed by atoms with Gasteiger partial charge in [-0.3, -0.25) is 14.6 Å². The van der Waals surface area contributed by atoms with Gasteiger partial charge in [-0.15, -0.1) is 0 Å². The standard InChI is InChI=1S/C37H49N7O8/c1-37(2,3)31(44-36(50)52-5)33(47)41-26(19-24-14-16-25(17-15-24)27-13-9-10-18-39-27)21-30(45)28(20-23-11-7-6-8-12-23)42-32(46)29(22-40-34(38)48)43-35(49)51-4/h6-18,26,28-31,45H,19-22H2,1-5H3,(H,41,47)(H,42,46)(H,43,49)(H,44,50)(H3,38,40,48)/t26-,28-,29-,30?,31+/m0/s1. The summed E-state index contributed by atoms with van der Waals surface area (Å²) in [7, 11) is 2.33. The highest BCUT2D eigenvalue weighted by Crippen LogP contribution is 2.22. The molecule has 1 heterocycles. The van der Waals surface area contributed by atoms with Gasteiger partial charge in [-0.25, -0.2) is 14.4 Å². The molecule has 0 aliphatic rings. The van der Waals surface area contributed by atoms with E-state index in [4.69, 9.17) is 10.5 Å². The highest BCUT2D eigenvalue weighted by atomic mass is 16.5. The summed E-state index contributed by atoms with van der Waals surface area (Å²) in [5, 5.41) is 24.9. The molecule has 52 heavy (non-hydrogen) atoms. The molecule has 0 saturated carbocycles. The van der Waals surface area contributed by atoms with Crippen molar-refractivity contribution in [1.29, 1.82) is 0 Å². The number of aromatic nitrogens is 1. The Labute approximate surface area is 303 Å². The number of urea groups is 1. The zero-order valence-electron chi connectivity index (χ0n) is 30.1. The van der Waals surface area contributed by atoms with Gasteiger partial charge in [-0.05, 0) is 47.9 Å². The fourth-order valence-corrected chi connectivity index (χ4v) is 5.46. The van der Waals surface area contributed by atoms with Gasteiger partial charge in [0.2, 0.25) is 11.8 Å². The van der Waals surface area contributed by atoms with Crippen molar-refractivity contribution < 1.29 is 38.6 Å². The van der Waals surface area contributed by atoms with E-state index in [2.05, 4.69) is 36.3 Å². The van der Waals surface area contributed by atoms with Gasteiger partial charge in [0.25, 0.3) is 0 Å². The van der Waals surface area contributed by atoms with Crippen LogP contribution in [0, 0.1) is 5.41 Å². The number of alkyl carbamates (subject to hydrolysis) is 2. The highest BCUT2D eigenvalue weighted by molar-refractivity contribution is 5.87. The van der Waals surface area contributed by atoms with Gasteiger partial charge < -0.3 is 46.9 Å². The van der Waals surface area contributed by atoms with E-state index in [9.17, 15) is 29.1 Å². The molecule has 3 rings (SSSR count). The van der Waals surface area contributed by atoms with Crippen LogP contribution in [0.15, 0.2) is 79.0 Å². The highest BCUT2D eigenvalue weighted by Gasteiger charge is 2.35. The van der Waals surface area contributed by atoms with E-state index in [-0.39, 0.29) is 25.8 Å². The Morgan fingerprint density at radius 3 is 1.96 bits per heavy atom. The normalized spacial score (nSPS) is 14.0. The topological polar surface area (TPSA) is 223 Å². The minimum Gasteiger partial charge on any atom is -0.453 e. The van der Waals surface area contributed by atoms with Crippen LogP contribution in [0.2, 0.25) is 0 Å². The minimum absolute atomic E-state index is 0.0325. The Morgan fingerprint density at radius 2 is 1.38 bits per heavy atom. The van der Waals surface area contributed by atoms with E-state index in [1.807, 2.05) is 72.8 Å². The SMILES string of the molecule is COC(=O)N[C@@H](CNC(N)=O)C(=O)N[C@@H](Cc1ccccc1)C(O)C[C@H](Cc1ccc(-c2ccccn2)cc1)NC(=O)[C@@H](NC(=O)OC)C(C)(C)C. The van der Waals surface area contributed by atoms with Crippen LogP contribution in [-0.2, 0) is 31.9 Å². The predicted molar refractivity (Wildman–Crippen MR) is 194 cm³/mol. The molecule has 6 amide bonds. The molecular formula is C37H49N7O8. The fourth-order valence-electron chi connectivity index (χ4n) is 5.46. The van der Waals surface area contributed by atoms with Gasteiger partial charge in [0.15, 0.2) is 0 Å². The number of hydrogen-bond donors (Lipinski definition) is 7. The molecular weight excluding hydrogens is 670 g/mol. The van der Waals surface area contributed by atoms with Gasteiger partial charge in [-0.2, -0.15) is 0 Å². The number of nitrogens with one attached hydrogen (secondary N) is 5. The number of aliphatic hydroxyl groups is 1. The monoisotopic (exact) mass is 719 g/mol. The lowest BCUT2D eigenvalue weighted by molar-refractivity contribution is -0.127. The molecule has 15 heteroatoms. The second-order valence-electron chi connectivity index (χ2n) is 13.3. The number of amides is 6. The first-order chi connectivity index (χ1) is 24.7. The van der Waals surface area contributed by atoms with Crippen LogP contribution in [-0.4, -0.2) is 91.2 Å². The number of aliphatic hydroxyl groups excluding tert-OH is 1. The smallest absolute Gasteiger partial charge is 0.407 e. The molecule has 0 spiro atoms. The molecule has 1 aromatic heterocycles. The van der Waals surface area contributed by atoms with E-state index in [1.54, 1.807) is 27.0 Å². The Morgan fingerprint density at radius 1 is 0.769 bits per heavy atom. The van der Waals surface area contributed by atoms with Gasteiger partial charge in [0.05, 0.1) is 32.1 Å². The van der Waals surface area contributed by atoms with E-state index in [1.165, 1.54) is 7.11 Å². The number of primary amides is 1. The van der Waals surface area contributed by atoms with E-state index >= 15 is 0 Å². The van der Waals surface area contributed by atoms with E-state index < -0.39 is 65.7 Å². The maximum absolute atomic E-state index is 13.8. The third-order valence-electron chi connectivity index (χ3n) is 8.21. The number of carbonyl (C=O) groups is 5. The number of nitrogens with two attached hydrogens (primary N) is 1. The van der Waals surface area contributed by atoms with Crippen molar-refractivity contribution >= 4 is 30.0 Å². The summed E-state index contributed by atoms with van der Waals surface area (Å²) in [6.07, 6.45) is -0.809. The number of nitrogens with zero attached hydrogens (tertiary/aromatic N) is 1. The molecule has 0 aliphatic carbocycles. The maximum atomic E-state index is 13.8. The van der Waals surface area contributed by atoms with Gasteiger partial charge in [-0.1, -0.05) is 81.4 Å². The number of benzene rings is 2. The van der Waals surface area contributed by atoms with Crippen molar-refractivity contribution in [3.8, 4) is 11.3 Å². The first-order valence-electron chi connectivity index (χ1n) is 16.8. The largest absolute Gasteiger partial charge is 0.453 e. The van der Waals surface area contributed by atoms with Crippen molar-refractivity contribution in [2.75, 3.05) is 20.8 Å². The quantitative estimate of drug-likeness (QED) is 0.115. The number of carbonyl (C=O) groups excluding carboxylic acids is 5. The average Bonchev–Trinajstić information content (AvgIpc) is 3.12. The van der Waals surface area contributed by atoms with Gasteiger partial charge >= 0.3 is 18.2 Å². The lowest BCUT2D eigenvalue weighted by Gasteiger charge is -2.33. The summed E-state index contributed by atoms with van der Waals surface area (Å²) in [6.45, 7) is 5.04. The molecule has 0 radical (unpaired) electrons. The van der Waals surface area contributed by atoms with Gasteiger partial charge in [0, 0.05) is 24.3 Å². The predicted octanol–water partition coefficient (Wildman–Crippen LogP) is 2.42. The molecule has 280 valence electrons. The molecule has 2 aromatic carbocycles. The number of rotatable bonds is 16. The summed E-state index contributed by atoms with van der Waals surface area (Å²) in [4.78, 5) is 67.4. The lowest BCUT2D eigenvalue weighted by Crippen LogP contribution is -2.58. The first-order valence-corrected chi connectivity index (χ1v) is 16.8. The van der Waals surface area contributed by atoms with Crippen molar-refractivity contribution in [3.63, 3.8) is 0 Å². The van der Waals surface area contributed by atoms with E-state index in [0.717, 1.165) is 29.5 Å². The Bertz CT molecular complexity index is 1620. The number of pyridine rings is 1. The summed E-state index contributed by atoms with van der Waals surface area (Å²) in [5.41, 5.74) is 7.81. The van der Waals surface area contributed by atoms with Crippen LogP contribution in [0.3, 0.4) is 0 Å². The second-order valence-corrected chi connectivity index (χ2v) is 13.3. The maximum Gasteiger partial charge on any atom is 0.407 e. The summed E-state index contributed by atoms with van der Waals surface area (Å²) < 4.78 is 9.40. The lowest BCUT2D eigenvalue weighted by atomic mass is 9.85. The molecule has 0 saturated heterocycles. The summed E-state index contributed by atoms with van der Waals surface area (Å²) in [6, 6.07) is 17.6. The molecule has 3 aromatic rings.